The summed E-state index contributed by atoms with van der Waals surface area (Å²) in [6.07, 6.45) is 13.7. The second-order valence-electron chi connectivity index (χ2n) is 10.6. The molecule has 0 heterocycles. The normalized spacial score (nSPS) is 25.5. The van der Waals surface area contributed by atoms with Crippen LogP contribution in [-0.2, 0) is 9.47 Å². The molecule has 0 spiro atoms. The van der Waals surface area contributed by atoms with Gasteiger partial charge < -0.3 is 9.47 Å². The number of benzene rings is 2. The first-order valence-electron chi connectivity index (χ1n) is 14.2. The molecule has 0 amide bonds. The van der Waals surface area contributed by atoms with E-state index in [1.807, 2.05) is 0 Å². The van der Waals surface area contributed by atoms with Gasteiger partial charge in [-0.3, -0.25) is 0 Å². The lowest BCUT2D eigenvalue weighted by atomic mass is 9.82. The Kier molecular flexibility index (Phi) is 9.65. The van der Waals surface area contributed by atoms with Crippen molar-refractivity contribution < 1.29 is 9.47 Å². The first kappa shape index (κ1) is 25.5. The third-order valence-corrected chi connectivity index (χ3v) is 8.32. The molecule has 4 rings (SSSR count). The molecule has 0 aliphatic heterocycles. The summed E-state index contributed by atoms with van der Waals surface area (Å²) in [7, 11) is 0. The Balaban J connectivity index is 1.71. The van der Waals surface area contributed by atoms with Crippen LogP contribution >= 0.6 is 0 Å². The van der Waals surface area contributed by atoms with Crippen LogP contribution in [0.3, 0.4) is 0 Å². The number of rotatable bonds is 14. The molecular weight excluding hydrogens is 416 g/mol. The third-order valence-electron chi connectivity index (χ3n) is 8.32. The van der Waals surface area contributed by atoms with Crippen LogP contribution in [0.2, 0.25) is 0 Å². The van der Waals surface area contributed by atoms with Crippen molar-refractivity contribution in [3.8, 4) is 0 Å². The molecule has 2 aliphatic carbocycles. The zero-order valence-electron chi connectivity index (χ0n) is 21.6. The highest BCUT2D eigenvalue weighted by Crippen LogP contribution is 2.65. The van der Waals surface area contributed by atoms with E-state index in [9.17, 15) is 0 Å². The Morgan fingerprint density at radius 1 is 0.618 bits per heavy atom. The predicted octanol–water partition coefficient (Wildman–Crippen LogP) is 8.87. The van der Waals surface area contributed by atoms with Crippen LogP contribution in [-0.4, -0.2) is 19.0 Å². The Morgan fingerprint density at radius 3 is 1.47 bits per heavy atom. The number of hydrogen-bond donors (Lipinski definition) is 0. The Morgan fingerprint density at radius 2 is 1.06 bits per heavy atom. The number of unbranched alkanes of at least 4 members (excludes halogenated alkanes) is 6. The van der Waals surface area contributed by atoms with Gasteiger partial charge in [0.05, 0.1) is 13.2 Å². The Hall–Kier alpha value is -1.64. The van der Waals surface area contributed by atoms with Crippen molar-refractivity contribution in [3.05, 3.63) is 71.8 Å². The topological polar surface area (TPSA) is 18.5 Å². The van der Waals surface area contributed by atoms with Gasteiger partial charge in [0.25, 0.3) is 0 Å². The number of fused-ring (bicyclic) bond motifs is 1. The second-order valence-corrected chi connectivity index (χ2v) is 10.6. The molecule has 2 fully saturated rings. The second kappa shape index (κ2) is 12.9. The van der Waals surface area contributed by atoms with Crippen LogP contribution in [0.5, 0.6) is 0 Å². The third kappa shape index (κ3) is 5.60. The maximum atomic E-state index is 7.09. The first-order valence-corrected chi connectivity index (χ1v) is 14.2. The van der Waals surface area contributed by atoms with Crippen LogP contribution in [0.25, 0.3) is 0 Å². The van der Waals surface area contributed by atoms with Crippen LogP contribution < -0.4 is 0 Å². The van der Waals surface area contributed by atoms with Crippen LogP contribution in [0.4, 0.5) is 0 Å². The van der Waals surface area contributed by atoms with Gasteiger partial charge >= 0.3 is 0 Å². The van der Waals surface area contributed by atoms with Crippen molar-refractivity contribution in [1.82, 2.24) is 0 Å². The molecule has 2 unspecified atom stereocenters. The van der Waals surface area contributed by atoms with Gasteiger partial charge in [-0.1, -0.05) is 119 Å². The lowest BCUT2D eigenvalue weighted by molar-refractivity contribution is -0.257. The number of ether oxygens (including phenoxy) is 2. The first-order chi connectivity index (χ1) is 16.8. The minimum Gasteiger partial charge on any atom is -0.349 e. The van der Waals surface area contributed by atoms with Gasteiger partial charge in [-0.25, -0.2) is 0 Å². The average Bonchev–Trinajstić information content (AvgIpc) is 3.43. The zero-order chi connectivity index (χ0) is 23.6. The summed E-state index contributed by atoms with van der Waals surface area (Å²) in [5.41, 5.74) is 2.81. The fraction of sp³-hybridized carbons (Fsp3) is 0.625. The van der Waals surface area contributed by atoms with Gasteiger partial charge in [0.15, 0.2) is 5.79 Å². The zero-order valence-corrected chi connectivity index (χ0v) is 21.6. The van der Waals surface area contributed by atoms with Gasteiger partial charge in [-0.05, 0) is 48.6 Å². The molecule has 186 valence electrons. The fourth-order valence-corrected chi connectivity index (χ4v) is 6.84. The van der Waals surface area contributed by atoms with Crippen LogP contribution in [0, 0.1) is 11.8 Å². The summed E-state index contributed by atoms with van der Waals surface area (Å²) in [5.74, 6) is 1.27. The van der Waals surface area contributed by atoms with Crippen molar-refractivity contribution in [2.45, 2.75) is 102 Å². The summed E-state index contributed by atoms with van der Waals surface area (Å²) in [5, 5.41) is 0. The molecule has 2 aromatic carbocycles. The fourth-order valence-electron chi connectivity index (χ4n) is 6.84. The molecule has 2 nitrogen and oxygen atoms in total. The molecule has 34 heavy (non-hydrogen) atoms. The minimum atomic E-state index is -0.573. The monoisotopic (exact) mass is 462 g/mol. The van der Waals surface area contributed by atoms with Gasteiger partial charge in [-0.15, -0.1) is 0 Å². The highest BCUT2D eigenvalue weighted by Gasteiger charge is 2.63. The molecule has 4 atom stereocenters. The van der Waals surface area contributed by atoms with Gasteiger partial charge in [0, 0.05) is 11.8 Å². The molecule has 0 N–H and O–H groups in total. The molecule has 2 saturated carbocycles. The van der Waals surface area contributed by atoms with E-state index in [4.69, 9.17) is 9.47 Å². The highest BCUT2D eigenvalue weighted by molar-refractivity contribution is 5.35. The molecular formula is C32H46O2. The lowest BCUT2D eigenvalue weighted by Gasteiger charge is -2.42. The summed E-state index contributed by atoms with van der Waals surface area (Å²) < 4.78 is 14.2. The maximum Gasteiger partial charge on any atom is 0.182 e. The quantitative estimate of drug-likeness (QED) is 0.206. The van der Waals surface area contributed by atoms with Crippen LogP contribution in [0.1, 0.15) is 107 Å². The molecule has 2 aromatic rings. The molecule has 2 heteroatoms. The summed E-state index contributed by atoms with van der Waals surface area (Å²) in [4.78, 5) is 0. The van der Waals surface area contributed by atoms with E-state index < -0.39 is 5.79 Å². The Labute approximate surface area is 208 Å². The summed E-state index contributed by atoms with van der Waals surface area (Å²) in [6, 6.07) is 22.4. The van der Waals surface area contributed by atoms with Gasteiger partial charge in [0.1, 0.15) is 0 Å². The van der Waals surface area contributed by atoms with E-state index in [1.54, 1.807) is 0 Å². The highest BCUT2D eigenvalue weighted by atomic mass is 16.7. The standard InChI is InChI=1S/C32H46O2/c1-3-5-7-15-24-33-32(34-25-16-8-6-4-2)30(26-18-11-9-12-19-26)28-22-17-23-29(28)31(32)27-20-13-10-14-21-27/h9-14,18-21,28-31H,3-8,15-17,22-25H2,1-2H3/t28-,29+,30?,31?. The van der Waals surface area contributed by atoms with Gasteiger partial charge in [-0.2, -0.15) is 0 Å². The van der Waals surface area contributed by atoms with E-state index in [1.165, 1.54) is 68.9 Å². The van der Waals surface area contributed by atoms with E-state index in [-0.39, 0.29) is 0 Å². The van der Waals surface area contributed by atoms with E-state index in [0.717, 1.165) is 26.1 Å². The summed E-state index contributed by atoms with van der Waals surface area (Å²) in [6.45, 7) is 6.13. The van der Waals surface area contributed by atoms with Crippen LogP contribution in [0.15, 0.2) is 60.7 Å². The lowest BCUT2D eigenvalue weighted by Crippen LogP contribution is -2.45. The largest absolute Gasteiger partial charge is 0.349 e. The molecule has 2 aliphatic rings. The molecule has 0 saturated heterocycles. The Bertz CT molecular complexity index is 748. The van der Waals surface area contributed by atoms with Gasteiger partial charge in [0.2, 0.25) is 0 Å². The average molecular weight is 463 g/mol. The predicted molar refractivity (Wildman–Crippen MR) is 142 cm³/mol. The maximum absolute atomic E-state index is 7.09. The van der Waals surface area contributed by atoms with Crippen molar-refractivity contribution in [2.24, 2.45) is 11.8 Å². The number of hydrogen-bond acceptors (Lipinski definition) is 2. The summed E-state index contributed by atoms with van der Waals surface area (Å²) >= 11 is 0. The minimum absolute atomic E-state index is 0.295. The SMILES string of the molecule is CCCCCCOC1(OCCCCCC)C(c2ccccc2)[C@H]2CCC[C@H]2C1c1ccccc1. The molecule has 0 radical (unpaired) electrons. The molecule has 0 bridgehead atoms. The van der Waals surface area contributed by atoms with E-state index in [2.05, 4.69) is 74.5 Å². The van der Waals surface area contributed by atoms with Crippen molar-refractivity contribution in [1.29, 1.82) is 0 Å². The van der Waals surface area contributed by atoms with Crippen molar-refractivity contribution in [3.63, 3.8) is 0 Å². The molecule has 0 aromatic heterocycles. The van der Waals surface area contributed by atoms with Crippen molar-refractivity contribution >= 4 is 0 Å². The van der Waals surface area contributed by atoms with Crippen molar-refractivity contribution in [2.75, 3.05) is 13.2 Å². The van der Waals surface area contributed by atoms with E-state index in [0.29, 0.717) is 23.7 Å². The smallest absolute Gasteiger partial charge is 0.182 e. The van der Waals surface area contributed by atoms with E-state index >= 15 is 0 Å².